The SMILES string of the molecule is CC1CCCN(c2ccc(CNC(C)(C)C)c(Br)c2)C1. The molecular weight excluding hydrogens is 312 g/mol. The third-order valence-electron chi connectivity index (χ3n) is 3.87. The molecule has 0 aromatic heterocycles. The van der Waals surface area contributed by atoms with E-state index >= 15 is 0 Å². The molecule has 1 aliphatic heterocycles. The number of hydrogen-bond acceptors (Lipinski definition) is 2. The Morgan fingerprint density at radius 1 is 1.35 bits per heavy atom. The van der Waals surface area contributed by atoms with Gasteiger partial charge in [0.25, 0.3) is 0 Å². The highest BCUT2D eigenvalue weighted by Gasteiger charge is 2.17. The summed E-state index contributed by atoms with van der Waals surface area (Å²) in [6, 6.07) is 6.79. The van der Waals surface area contributed by atoms with Crippen LogP contribution >= 0.6 is 15.9 Å². The van der Waals surface area contributed by atoms with Gasteiger partial charge in [-0.25, -0.2) is 0 Å². The lowest BCUT2D eigenvalue weighted by atomic mass is 9.99. The summed E-state index contributed by atoms with van der Waals surface area (Å²) in [5, 5.41) is 3.54. The first kappa shape index (κ1) is 15.8. The molecule has 1 N–H and O–H groups in total. The average molecular weight is 339 g/mol. The van der Waals surface area contributed by atoms with E-state index in [9.17, 15) is 0 Å². The smallest absolute Gasteiger partial charge is 0.0377 e. The van der Waals surface area contributed by atoms with E-state index in [1.54, 1.807) is 0 Å². The third-order valence-corrected chi connectivity index (χ3v) is 4.61. The summed E-state index contributed by atoms with van der Waals surface area (Å²) >= 11 is 3.73. The number of rotatable bonds is 3. The van der Waals surface area contributed by atoms with Gasteiger partial charge in [0.15, 0.2) is 0 Å². The first-order valence-corrected chi connectivity index (χ1v) is 8.43. The second-order valence-corrected chi connectivity index (χ2v) is 7.93. The molecular formula is C17H27BrN2. The van der Waals surface area contributed by atoms with Crippen LogP contribution in [0.2, 0.25) is 0 Å². The molecule has 1 fully saturated rings. The molecule has 1 unspecified atom stereocenters. The average Bonchev–Trinajstić information content (AvgIpc) is 2.36. The Labute approximate surface area is 132 Å². The van der Waals surface area contributed by atoms with Gasteiger partial charge in [0.2, 0.25) is 0 Å². The number of halogens is 1. The Morgan fingerprint density at radius 2 is 2.10 bits per heavy atom. The Morgan fingerprint density at radius 3 is 2.70 bits per heavy atom. The Kier molecular flexibility index (Phi) is 5.14. The predicted octanol–water partition coefficient (Wildman–Crippen LogP) is 4.57. The van der Waals surface area contributed by atoms with Crippen LogP contribution in [0.5, 0.6) is 0 Å². The maximum Gasteiger partial charge on any atom is 0.0377 e. The number of anilines is 1. The van der Waals surface area contributed by atoms with Crippen LogP contribution in [-0.4, -0.2) is 18.6 Å². The number of benzene rings is 1. The zero-order valence-electron chi connectivity index (χ0n) is 13.2. The lowest BCUT2D eigenvalue weighted by Crippen LogP contribution is -2.35. The molecule has 1 aliphatic rings. The van der Waals surface area contributed by atoms with Gasteiger partial charge in [-0.2, -0.15) is 0 Å². The number of nitrogens with zero attached hydrogens (tertiary/aromatic N) is 1. The summed E-state index contributed by atoms with van der Waals surface area (Å²) in [7, 11) is 0. The van der Waals surface area contributed by atoms with Crippen molar-refractivity contribution in [2.75, 3.05) is 18.0 Å². The van der Waals surface area contributed by atoms with Gasteiger partial charge in [-0.1, -0.05) is 28.9 Å². The summed E-state index contributed by atoms with van der Waals surface area (Å²) < 4.78 is 1.21. The van der Waals surface area contributed by atoms with Crippen LogP contribution in [0.15, 0.2) is 22.7 Å². The molecule has 1 atom stereocenters. The van der Waals surface area contributed by atoms with Crippen molar-refractivity contribution in [3.05, 3.63) is 28.2 Å². The van der Waals surface area contributed by atoms with E-state index in [-0.39, 0.29) is 5.54 Å². The molecule has 2 nitrogen and oxygen atoms in total. The van der Waals surface area contributed by atoms with Gasteiger partial charge in [-0.15, -0.1) is 0 Å². The van der Waals surface area contributed by atoms with Crippen LogP contribution in [0.25, 0.3) is 0 Å². The van der Waals surface area contributed by atoms with E-state index in [1.807, 2.05) is 0 Å². The van der Waals surface area contributed by atoms with Crippen molar-refractivity contribution in [1.29, 1.82) is 0 Å². The molecule has 1 heterocycles. The molecule has 0 bridgehead atoms. The minimum atomic E-state index is 0.153. The van der Waals surface area contributed by atoms with Gasteiger partial charge < -0.3 is 10.2 Å². The molecule has 0 spiro atoms. The van der Waals surface area contributed by atoms with Crippen molar-refractivity contribution in [2.45, 2.75) is 52.6 Å². The zero-order valence-corrected chi connectivity index (χ0v) is 14.8. The maximum absolute atomic E-state index is 3.73. The molecule has 0 saturated carbocycles. The Balaban J connectivity index is 2.05. The zero-order chi connectivity index (χ0) is 14.8. The van der Waals surface area contributed by atoms with E-state index in [4.69, 9.17) is 0 Å². The van der Waals surface area contributed by atoms with Crippen LogP contribution in [0.3, 0.4) is 0 Å². The van der Waals surface area contributed by atoms with Crippen LogP contribution in [0.4, 0.5) is 5.69 Å². The molecule has 0 amide bonds. The molecule has 1 aromatic rings. The molecule has 1 aromatic carbocycles. The van der Waals surface area contributed by atoms with E-state index in [2.05, 4.69) is 72.0 Å². The number of nitrogens with one attached hydrogen (secondary N) is 1. The highest BCUT2D eigenvalue weighted by molar-refractivity contribution is 9.10. The van der Waals surface area contributed by atoms with Gasteiger partial charge in [0.1, 0.15) is 0 Å². The Bertz CT molecular complexity index is 451. The highest BCUT2D eigenvalue weighted by Crippen LogP contribution is 2.28. The van der Waals surface area contributed by atoms with Crippen molar-refractivity contribution < 1.29 is 0 Å². The van der Waals surface area contributed by atoms with Gasteiger partial charge in [-0.3, -0.25) is 0 Å². The van der Waals surface area contributed by atoms with E-state index < -0.39 is 0 Å². The summed E-state index contributed by atoms with van der Waals surface area (Å²) in [5.41, 5.74) is 2.83. The summed E-state index contributed by atoms with van der Waals surface area (Å²) in [6.07, 6.45) is 2.68. The molecule has 0 radical (unpaired) electrons. The fourth-order valence-electron chi connectivity index (χ4n) is 2.66. The predicted molar refractivity (Wildman–Crippen MR) is 91.3 cm³/mol. The molecule has 20 heavy (non-hydrogen) atoms. The fraction of sp³-hybridized carbons (Fsp3) is 0.647. The minimum Gasteiger partial charge on any atom is -0.371 e. The minimum absolute atomic E-state index is 0.153. The summed E-state index contributed by atoms with van der Waals surface area (Å²) in [4.78, 5) is 2.51. The molecule has 1 saturated heterocycles. The number of piperidine rings is 1. The fourth-order valence-corrected chi connectivity index (χ4v) is 3.17. The van der Waals surface area contributed by atoms with Crippen molar-refractivity contribution in [1.82, 2.24) is 5.32 Å². The van der Waals surface area contributed by atoms with Crippen LogP contribution < -0.4 is 10.2 Å². The van der Waals surface area contributed by atoms with Crippen LogP contribution in [0.1, 0.15) is 46.1 Å². The normalized spacial score (nSPS) is 20.2. The quantitative estimate of drug-likeness (QED) is 0.868. The lowest BCUT2D eigenvalue weighted by Gasteiger charge is -2.33. The maximum atomic E-state index is 3.73. The first-order valence-electron chi connectivity index (χ1n) is 7.63. The van der Waals surface area contributed by atoms with E-state index in [1.165, 1.54) is 41.7 Å². The molecule has 0 aliphatic carbocycles. The van der Waals surface area contributed by atoms with Crippen LogP contribution in [-0.2, 0) is 6.54 Å². The summed E-state index contributed by atoms with van der Waals surface area (Å²) in [6.45, 7) is 12.2. The van der Waals surface area contributed by atoms with Crippen molar-refractivity contribution >= 4 is 21.6 Å². The topological polar surface area (TPSA) is 15.3 Å². The highest BCUT2D eigenvalue weighted by atomic mass is 79.9. The first-order chi connectivity index (χ1) is 9.35. The molecule has 112 valence electrons. The molecule has 2 rings (SSSR count). The standard InChI is InChI=1S/C17H27BrN2/c1-13-6-5-9-20(12-13)15-8-7-14(16(18)10-15)11-19-17(2,3)4/h7-8,10,13,19H,5-6,9,11-12H2,1-4H3. The summed E-state index contributed by atoms with van der Waals surface area (Å²) in [5.74, 6) is 0.810. The van der Waals surface area contributed by atoms with Crippen LogP contribution in [0, 0.1) is 5.92 Å². The second kappa shape index (κ2) is 6.48. The van der Waals surface area contributed by atoms with Gasteiger partial charge >= 0.3 is 0 Å². The van der Waals surface area contributed by atoms with Crippen molar-refractivity contribution in [2.24, 2.45) is 5.92 Å². The van der Waals surface area contributed by atoms with Gasteiger partial charge in [-0.05, 0) is 57.2 Å². The van der Waals surface area contributed by atoms with E-state index in [0.29, 0.717) is 0 Å². The molecule has 3 heteroatoms. The van der Waals surface area contributed by atoms with Crippen molar-refractivity contribution in [3.8, 4) is 0 Å². The van der Waals surface area contributed by atoms with E-state index in [0.717, 1.165) is 12.5 Å². The number of hydrogen-bond donors (Lipinski definition) is 1. The van der Waals surface area contributed by atoms with Crippen molar-refractivity contribution in [3.63, 3.8) is 0 Å². The van der Waals surface area contributed by atoms with Gasteiger partial charge in [0, 0.05) is 35.3 Å². The lowest BCUT2D eigenvalue weighted by molar-refractivity contribution is 0.424. The Hall–Kier alpha value is -0.540. The van der Waals surface area contributed by atoms with Gasteiger partial charge in [0.05, 0.1) is 0 Å². The monoisotopic (exact) mass is 338 g/mol. The largest absolute Gasteiger partial charge is 0.371 e. The third kappa shape index (κ3) is 4.49. The second-order valence-electron chi connectivity index (χ2n) is 7.07.